The first kappa shape index (κ1) is 16.8. The summed E-state index contributed by atoms with van der Waals surface area (Å²) in [6.45, 7) is 5.64. The van der Waals surface area contributed by atoms with Crippen molar-refractivity contribution in [1.29, 1.82) is 0 Å². The van der Waals surface area contributed by atoms with Crippen molar-refractivity contribution >= 4 is 16.9 Å². The summed E-state index contributed by atoms with van der Waals surface area (Å²) in [5.74, 6) is 0.173. The Bertz CT molecular complexity index is 936. The van der Waals surface area contributed by atoms with E-state index in [2.05, 4.69) is 37.3 Å². The smallest absolute Gasteiger partial charge is 0.238 e. The van der Waals surface area contributed by atoms with E-state index >= 15 is 0 Å². The maximum Gasteiger partial charge on any atom is 0.238 e. The predicted octanol–water partition coefficient (Wildman–Crippen LogP) is 2.71. The fraction of sp³-hybridized carbons (Fsp3) is 0.316. The first-order chi connectivity index (χ1) is 12.6. The van der Waals surface area contributed by atoms with Crippen molar-refractivity contribution in [3.63, 3.8) is 0 Å². The van der Waals surface area contributed by atoms with E-state index in [-0.39, 0.29) is 0 Å². The molecule has 3 heterocycles. The predicted molar refractivity (Wildman–Crippen MR) is 100 cm³/mol. The van der Waals surface area contributed by atoms with Crippen LogP contribution in [0.2, 0.25) is 0 Å². The number of anilines is 1. The van der Waals surface area contributed by atoms with E-state index in [1.807, 2.05) is 24.4 Å². The van der Waals surface area contributed by atoms with Crippen LogP contribution in [0.1, 0.15) is 5.56 Å². The van der Waals surface area contributed by atoms with Crippen LogP contribution in [0, 0.1) is 12.9 Å². The Morgan fingerprint density at radius 1 is 1.00 bits per heavy atom. The molecule has 7 heteroatoms. The minimum Gasteiger partial charge on any atom is -0.304 e. The first-order valence-corrected chi connectivity index (χ1v) is 8.68. The van der Waals surface area contributed by atoms with Crippen molar-refractivity contribution < 1.29 is 4.39 Å². The number of nitrogens with one attached hydrogen (secondary N) is 1. The summed E-state index contributed by atoms with van der Waals surface area (Å²) in [7, 11) is 2.12. The van der Waals surface area contributed by atoms with Crippen molar-refractivity contribution in [2.75, 3.05) is 38.7 Å². The van der Waals surface area contributed by atoms with E-state index in [1.165, 1.54) is 0 Å². The van der Waals surface area contributed by atoms with E-state index in [0.717, 1.165) is 48.2 Å². The standard InChI is InChI=1S/C19H21FN6/c1-13-9-15(11-21-18(13)20)14-3-4-17-16(10-14)12-22-19(23-17)24-26-7-5-25(2)6-8-26/h3-4,9-12H,5-8H2,1-2H3,(H,22,23,24). The Morgan fingerprint density at radius 2 is 1.81 bits per heavy atom. The van der Waals surface area contributed by atoms with E-state index in [1.54, 1.807) is 19.2 Å². The summed E-state index contributed by atoms with van der Waals surface area (Å²) in [5, 5.41) is 3.08. The summed E-state index contributed by atoms with van der Waals surface area (Å²) >= 11 is 0. The van der Waals surface area contributed by atoms with Crippen LogP contribution < -0.4 is 5.43 Å². The molecule has 1 N–H and O–H groups in total. The van der Waals surface area contributed by atoms with E-state index in [4.69, 9.17) is 0 Å². The highest BCUT2D eigenvalue weighted by Gasteiger charge is 2.14. The highest BCUT2D eigenvalue weighted by molar-refractivity contribution is 5.84. The van der Waals surface area contributed by atoms with Crippen molar-refractivity contribution in [3.8, 4) is 11.1 Å². The van der Waals surface area contributed by atoms with Gasteiger partial charge in [-0.15, -0.1) is 0 Å². The van der Waals surface area contributed by atoms with Gasteiger partial charge in [-0.25, -0.2) is 20.0 Å². The molecule has 1 aliphatic heterocycles. The van der Waals surface area contributed by atoms with Gasteiger partial charge in [0.05, 0.1) is 5.52 Å². The molecule has 0 aliphatic carbocycles. The third-order valence-corrected chi connectivity index (χ3v) is 4.69. The molecular formula is C19H21FN6. The molecule has 134 valence electrons. The lowest BCUT2D eigenvalue weighted by Gasteiger charge is -2.32. The number of hydrogen-bond acceptors (Lipinski definition) is 6. The number of hydrazine groups is 1. The van der Waals surface area contributed by atoms with Gasteiger partial charge in [0, 0.05) is 55.1 Å². The Hall–Kier alpha value is -2.64. The maximum atomic E-state index is 13.4. The normalized spacial score (nSPS) is 16.1. The largest absolute Gasteiger partial charge is 0.304 e. The average Bonchev–Trinajstić information content (AvgIpc) is 2.65. The number of piperazine rings is 1. The summed E-state index contributed by atoms with van der Waals surface area (Å²) in [4.78, 5) is 15.1. The molecule has 0 saturated carbocycles. The number of aromatic nitrogens is 3. The Labute approximate surface area is 151 Å². The Morgan fingerprint density at radius 3 is 2.58 bits per heavy atom. The number of aryl methyl sites for hydroxylation is 1. The van der Waals surface area contributed by atoms with Crippen LogP contribution in [0.3, 0.4) is 0 Å². The molecule has 1 saturated heterocycles. The van der Waals surface area contributed by atoms with Gasteiger partial charge in [-0.05, 0) is 37.7 Å². The number of rotatable bonds is 3. The van der Waals surface area contributed by atoms with Crippen LogP contribution in [-0.4, -0.2) is 58.1 Å². The fourth-order valence-corrected chi connectivity index (χ4v) is 3.04. The van der Waals surface area contributed by atoms with Gasteiger partial charge >= 0.3 is 0 Å². The highest BCUT2D eigenvalue weighted by atomic mass is 19.1. The fourth-order valence-electron chi connectivity index (χ4n) is 3.04. The number of nitrogens with zero attached hydrogens (tertiary/aromatic N) is 5. The molecule has 0 bridgehead atoms. The number of pyridine rings is 1. The molecule has 1 aliphatic rings. The molecule has 1 fully saturated rings. The molecule has 0 amide bonds. The zero-order chi connectivity index (χ0) is 18.1. The van der Waals surface area contributed by atoms with Crippen molar-refractivity contribution in [3.05, 3.63) is 48.2 Å². The van der Waals surface area contributed by atoms with Crippen LogP contribution in [0.5, 0.6) is 0 Å². The zero-order valence-electron chi connectivity index (χ0n) is 14.9. The zero-order valence-corrected chi connectivity index (χ0v) is 14.9. The number of likely N-dealkylation sites (N-methyl/N-ethyl adjacent to an activating group) is 1. The van der Waals surface area contributed by atoms with Crippen LogP contribution in [0.4, 0.5) is 10.3 Å². The van der Waals surface area contributed by atoms with Crippen molar-refractivity contribution in [2.24, 2.45) is 0 Å². The first-order valence-electron chi connectivity index (χ1n) is 8.68. The lowest BCUT2D eigenvalue weighted by Crippen LogP contribution is -2.47. The minimum atomic E-state index is -0.433. The highest BCUT2D eigenvalue weighted by Crippen LogP contribution is 2.24. The molecular weight excluding hydrogens is 331 g/mol. The molecule has 2 aromatic heterocycles. The van der Waals surface area contributed by atoms with E-state index in [0.29, 0.717) is 11.5 Å². The summed E-state index contributed by atoms with van der Waals surface area (Å²) < 4.78 is 13.4. The summed E-state index contributed by atoms with van der Waals surface area (Å²) in [5.41, 5.74) is 6.54. The topological polar surface area (TPSA) is 57.2 Å². The summed E-state index contributed by atoms with van der Waals surface area (Å²) in [6, 6.07) is 7.74. The van der Waals surface area contributed by atoms with Gasteiger partial charge in [0.2, 0.25) is 11.9 Å². The quantitative estimate of drug-likeness (QED) is 0.732. The molecule has 4 rings (SSSR count). The van der Waals surface area contributed by atoms with Crippen LogP contribution in [0.25, 0.3) is 22.0 Å². The lowest BCUT2D eigenvalue weighted by molar-refractivity contribution is 0.178. The molecule has 0 spiro atoms. The van der Waals surface area contributed by atoms with Gasteiger partial charge in [-0.3, -0.25) is 5.43 Å². The lowest BCUT2D eigenvalue weighted by atomic mass is 10.0. The van der Waals surface area contributed by atoms with E-state index in [9.17, 15) is 4.39 Å². The SMILES string of the molecule is Cc1cc(-c2ccc3nc(NN4CCN(C)CC4)ncc3c2)cnc1F. The maximum absolute atomic E-state index is 13.4. The third kappa shape index (κ3) is 3.49. The molecule has 26 heavy (non-hydrogen) atoms. The molecule has 0 atom stereocenters. The second kappa shape index (κ2) is 6.93. The number of hydrogen-bond donors (Lipinski definition) is 1. The number of fused-ring (bicyclic) bond motifs is 1. The molecule has 6 nitrogen and oxygen atoms in total. The van der Waals surface area contributed by atoms with Crippen molar-refractivity contribution in [1.82, 2.24) is 24.9 Å². The number of halogens is 1. The Kier molecular flexibility index (Phi) is 4.48. The monoisotopic (exact) mass is 352 g/mol. The van der Waals surface area contributed by atoms with Gasteiger partial charge < -0.3 is 4.90 Å². The van der Waals surface area contributed by atoms with Crippen LogP contribution in [0.15, 0.2) is 36.7 Å². The van der Waals surface area contributed by atoms with Gasteiger partial charge in [0.25, 0.3) is 0 Å². The van der Waals surface area contributed by atoms with E-state index < -0.39 is 5.95 Å². The van der Waals surface area contributed by atoms with Crippen molar-refractivity contribution in [2.45, 2.75) is 6.92 Å². The molecule has 3 aromatic rings. The second-order valence-electron chi connectivity index (χ2n) is 6.70. The molecule has 0 radical (unpaired) electrons. The average molecular weight is 352 g/mol. The second-order valence-corrected chi connectivity index (χ2v) is 6.70. The third-order valence-electron chi connectivity index (χ3n) is 4.69. The molecule has 0 unspecified atom stereocenters. The van der Waals surface area contributed by atoms with Gasteiger partial charge in [0.15, 0.2) is 0 Å². The minimum absolute atomic E-state index is 0.433. The summed E-state index contributed by atoms with van der Waals surface area (Å²) in [6.07, 6.45) is 3.36. The van der Waals surface area contributed by atoms with Gasteiger partial charge in [0.1, 0.15) is 0 Å². The van der Waals surface area contributed by atoms with Gasteiger partial charge in [-0.1, -0.05) is 6.07 Å². The number of benzene rings is 1. The Balaban J connectivity index is 1.57. The van der Waals surface area contributed by atoms with Gasteiger partial charge in [-0.2, -0.15) is 4.39 Å². The van der Waals surface area contributed by atoms with Crippen LogP contribution in [-0.2, 0) is 0 Å². The van der Waals surface area contributed by atoms with Crippen LogP contribution >= 0.6 is 0 Å². The molecule has 1 aromatic carbocycles.